The van der Waals surface area contributed by atoms with Gasteiger partial charge in [-0.3, -0.25) is 9.59 Å². The van der Waals surface area contributed by atoms with Gasteiger partial charge in [-0.2, -0.15) is 0 Å². The van der Waals surface area contributed by atoms with Gasteiger partial charge >= 0.3 is 5.97 Å². The van der Waals surface area contributed by atoms with Crippen molar-refractivity contribution in [3.8, 4) is 0 Å². The van der Waals surface area contributed by atoms with Crippen molar-refractivity contribution in [2.75, 3.05) is 5.75 Å². The van der Waals surface area contributed by atoms with Gasteiger partial charge in [-0.15, -0.1) is 11.8 Å². The van der Waals surface area contributed by atoms with Crippen LogP contribution in [0.3, 0.4) is 0 Å². The smallest absolute Gasteiger partial charge is 0.319 e. The highest BCUT2D eigenvalue weighted by molar-refractivity contribution is 8.01. The predicted molar refractivity (Wildman–Crippen MR) is 80.7 cm³/mol. The standard InChI is InChI=1S/C15H25NO3S/c1-9(12-7-10-4-5-11(12)6-10)16-13(17)8-20-15(2,3)14(18)19/h9-12H,4-8H2,1-3H3,(H,16,17)(H,18,19). The van der Waals surface area contributed by atoms with E-state index in [1.165, 1.54) is 37.4 Å². The molecule has 0 aliphatic heterocycles. The van der Waals surface area contributed by atoms with Crippen LogP contribution >= 0.6 is 11.8 Å². The first-order valence-electron chi connectivity index (χ1n) is 7.46. The fourth-order valence-electron chi connectivity index (χ4n) is 3.62. The van der Waals surface area contributed by atoms with Gasteiger partial charge < -0.3 is 10.4 Å². The number of amides is 1. The van der Waals surface area contributed by atoms with Crippen molar-refractivity contribution in [2.45, 2.75) is 57.2 Å². The lowest BCUT2D eigenvalue weighted by molar-refractivity contribution is -0.138. The van der Waals surface area contributed by atoms with Gasteiger partial charge in [-0.05, 0) is 57.8 Å². The number of carbonyl (C=O) groups excluding carboxylic acids is 1. The first kappa shape index (κ1) is 15.7. The van der Waals surface area contributed by atoms with Crippen LogP contribution in [0.15, 0.2) is 0 Å². The van der Waals surface area contributed by atoms with E-state index in [2.05, 4.69) is 12.2 Å². The molecule has 114 valence electrons. The number of hydrogen-bond donors (Lipinski definition) is 2. The van der Waals surface area contributed by atoms with Gasteiger partial charge in [0.15, 0.2) is 0 Å². The Labute approximate surface area is 125 Å². The monoisotopic (exact) mass is 299 g/mol. The third kappa shape index (κ3) is 3.48. The van der Waals surface area contributed by atoms with Crippen molar-refractivity contribution in [3.63, 3.8) is 0 Å². The maximum Gasteiger partial charge on any atom is 0.319 e. The van der Waals surface area contributed by atoms with Gasteiger partial charge in [0.1, 0.15) is 4.75 Å². The molecule has 2 fully saturated rings. The molecule has 2 aliphatic rings. The normalized spacial score (nSPS) is 30.2. The molecule has 0 radical (unpaired) electrons. The summed E-state index contributed by atoms with van der Waals surface area (Å²) >= 11 is 1.18. The quantitative estimate of drug-likeness (QED) is 0.791. The molecule has 2 N–H and O–H groups in total. The van der Waals surface area contributed by atoms with Gasteiger partial charge in [0.25, 0.3) is 0 Å². The van der Waals surface area contributed by atoms with Crippen LogP contribution in [0.4, 0.5) is 0 Å². The number of fused-ring (bicyclic) bond motifs is 2. The lowest BCUT2D eigenvalue weighted by atomic mass is 9.84. The number of carbonyl (C=O) groups is 2. The number of rotatable bonds is 6. The summed E-state index contributed by atoms with van der Waals surface area (Å²) in [5, 5.41) is 12.1. The van der Waals surface area contributed by atoms with Crippen LogP contribution in [-0.4, -0.2) is 33.5 Å². The highest BCUT2D eigenvalue weighted by atomic mass is 32.2. The summed E-state index contributed by atoms with van der Waals surface area (Å²) < 4.78 is -0.910. The molecule has 4 atom stereocenters. The molecule has 2 bridgehead atoms. The Hall–Kier alpha value is -0.710. The molecule has 1 amide bonds. The lowest BCUT2D eigenvalue weighted by Gasteiger charge is -2.28. The summed E-state index contributed by atoms with van der Waals surface area (Å²) in [6.07, 6.45) is 5.27. The molecule has 5 heteroatoms. The second-order valence-electron chi connectivity index (χ2n) is 6.80. The van der Waals surface area contributed by atoms with Crippen molar-refractivity contribution >= 4 is 23.6 Å². The summed E-state index contributed by atoms with van der Waals surface area (Å²) in [4.78, 5) is 23.0. The van der Waals surface area contributed by atoms with Gasteiger partial charge in [0, 0.05) is 6.04 Å². The first-order valence-corrected chi connectivity index (χ1v) is 8.45. The Kier molecular flexibility index (Phi) is 4.67. The van der Waals surface area contributed by atoms with Crippen molar-refractivity contribution in [2.24, 2.45) is 17.8 Å². The molecule has 4 nitrogen and oxygen atoms in total. The summed E-state index contributed by atoms with van der Waals surface area (Å²) in [6, 6.07) is 0.214. The van der Waals surface area contributed by atoms with Gasteiger partial charge in [0.05, 0.1) is 5.75 Å². The van der Waals surface area contributed by atoms with Crippen LogP contribution < -0.4 is 5.32 Å². The molecular formula is C15H25NO3S. The van der Waals surface area contributed by atoms with Crippen molar-refractivity contribution in [3.05, 3.63) is 0 Å². The highest BCUT2D eigenvalue weighted by Crippen LogP contribution is 2.49. The Morgan fingerprint density at radius 1 is 1.35 bits per heavy atom. The number of thioether (sulfide) groups is 1. The Morgan fingerprint density at radius 3 is 2.55 bits per heavy atom. The summed E-state index contributed by atoms with van der Waals surface area (Å²) in [5.41, 5.74) is 0. The zero-order valence-electron chi connectivity index (χ0n) is 12.5. The van der Waals surface area contributed by atoms with Gasteiger partial charge in [-0.25, -0.2) is 0 Å². The zero-order valence-corrected chi connectivity index (χ0v) is 13.3. The van der Waals surface area contributed by atoms with Crippen LogP contribution in [0, 0.1) is 17.8 Å². The van der Waals surface area contributed by atoms with Crippen LogP contribution in [0.25, 0.3) is 0 Å². The van der Waals surface area contributed by atoms with Crippen LogP contribution in [-0.2, 0) is 9.59 Å². The molecular weight excluding hydrogens is 274 g/mol. The van der Waals surface area contributed by atoms with Gasteiger partial charge in [0.2, 0.25) is 5.91 Å². The second kappa shape index (κ2) is 5.96. The fourth-order valence-corrected chi connectivity index (χ4v) is 4.32. The molecule has 20 heavy (non-hydrogen) atoms. The average Bonchev–Trinajstić information content (AvgIpc) is 2.98. The number of carboxylic acids is 1. The predicted octanol–water partition coefficient (Wildman–Crippen LogP) is 2.52. The van der Waals surface area contributed by atoms with E-state index in [1.807, 2.05) is 0 Å². The summed E-state index contributed by atoms with van der Waals surface area (Å²) in [5.74, 6) is 1.58. The number of aliphatic carboxylic acids is 1. The van der Waals surface area contributed by atoms with E-state index in [1.54, 1.807) is 13.8 Å². The topological polar surface area (TPSA) is 66.4 Å². The van der Waals surface area contributed by atoms with Crippen LogP contribution in [0.1, 0.15) is 46.5 Å². The summed E-state index contributed by atoms with van der Waals surface area (Å²) in [7, 11) is 0. The molecule has 0 saturated heterocycles. The molecule has 0 aromatic heterocycles. The number of hydrogen-bond acceptors (Lipinski definition) is 3. The minimum Gasteiger partial charge on any atom is -0.480 e. The molecule has 4 unspecified atom stereocenters. The lowest BCUT2D eigenvalue weighted by Crippen LogP contribution is -2.41. The van der Waals surface area contributed by atoms with E-state index in [4.69, 9.17) is 5.11 Å². The Balaban J connectivity index is 1.76. The van der Waals surface area contributed by atoms with Crippen LogP contribution in [0.5, 0.6) is 0 Å². The molecule has 0 aromatic rings. The van der Waals surface area contributed by atoms with E-state index < -0.39 is 10.7 Å². The molecule has 0 aromatic carbocycles. The van der Waals surface area contributed by atoms with Crippen LogP contribution in [0.2, 0.25) is 0 Å². The SMILES string of the molecule is CC(NC(=O)CSC(C)(C)C(=O)O)C1CC2CCC1C2. The van der Waals surface area contributed by atoms with Crippen molar-refractivity contribution in [1.29, 1.82) is 0 Å². The van der Waals surface area contributed by atoms with E-state index in [0.717, 1.165) is 11.8 Å². The third-order valence-corrected chi connectivity index (χ3v) is 6.21. The largest absolute Gasteiger partial charge is 0.480 e. The van der Waals surface area contributed by atoms with Crippen molar-refractivity contribution < 1.29 is 14.7 Å². The Bertz CT molecular complexity index is 397. The van der Waals surface area contributed by atoms with E-state index in [-0.39, 0.29) is 17.7 Å². The number of nitrogens with one attached hydrogen (secondary N) is 1. The zero-order chi connectivity index (χ0) is 14.9. The number of carboxylic acid groups (broad SMARTS) is 1. The average molecular weight is 299 g/mol. The highest BCUT2D eigenvalue weighted by Gasteiger charge is 2.42. The minimum atomic E-state index is -0.910. The van der Waals surface area contributed by atoms with Crippen molar-refractivity contribution in [1.82, 2.24) is 5.32 Å². The van der Waals surface area contributed by atoms with E-state index >= 15 is 0 Å². The maximum absolute atomic E-state index is 12.0. The van der Waals surface area contributed by atoms with Gasteiger partial charge in [-0.1, -0.05) is 6.42 Å². The second-order valence-corrected chi connectivity index (χ2v) is 8.40. The Morgan fingerprint density at radius 2 is 2.05 bits per heavy atom. The molecule has 0 heterocycles. The molecule has 0 spiro atoms. The fraction of sp³-hybridized carbons (Fsp3) is 0.867. The molecule has 2 rings (SSSR count). The first-order chi connectivity index (χ1) is 9.29. The minimum absolute atomic E-state index is 0.0420. The molecule has 2 saturated carbocycles. The third-order valence-electron chi connectivity index (χ3n) is 4.90. The van der Waals surface area contributed by atoms with E-state index in [0.29, 0.717) is 5.92 Å². The van der Waals surface area contributed by atoms with E-state index in [9.17, 15) is 9.59 Å². The molecule has 2 aliphatic carbocycles. The maximum atomic E-state index is 12.0. The summed E-state index contributed by atoms with van der Waals surface area (Å²) in [6.45, 7) is 5.36.